The van der Waals surface area contributed by atoms with Gasteiger partial charge in [0.25, 0.3) is 11.3 Å². The topological polar surface area (TPSA) is 111 Å². The molecule has 0 amide bonds. The van der Waals surface area contributed by atoms with Crippen molar-refractivity contribution in [1.29, 1.82) is 0 Å². The van der Waals surface area contributed by atoms with Gasteiger partial charge in [-0.2, -0.15) is 9.50 Å². The Morgan fingerprint density at radius 3 is 2.67 bits per heavy atom. The van der Waals surface area contributed by atoms with Crippen molar-refractivity contribution >= 4 is 17.7 Å². The molecule has 0 aliphatic carbocycles. The monoisotopic (exact) mass is 371 g/mol. The number of fused-ring (bicyclic) bond motifs is 1. The van der Waals surface area contributed by atoms with Crippen molar-refractivity contribution in [3.8, 4) is 5.75 Å². The van der Waals surface area contributed by atoms with E-state index in [1.807, 2.05) is 31.2 Å². The minimum atomic E-state index is -0.495. The number of aromatic nitrogens is 4. The maximum Gasteiger partial charge on any atom is 0.310 e. The number of ether oxygens (including phenoxy) is 2. The molecule has 0 unspecified atom stereocenters. The highest BCUT2D eigenvalue weighted by Gasteiger charge is 2.16. The summed E-state index contributed by atoms with van der Waals surface area (Å²) in [6, 6.07) is 7.69. The molecule has 2 aromatic heterocycles. The van der Waals surface area contributed by atoms with Crippen LogP contribution in [0.5, 0.6) is 5.75 Å². The Hall–Kier alpha value is -3.36. The largest absolute Gasteiger partial charge is 0.494 e. The zero-order chi connectivity index (χ0) is 19.4. The minimum Gasteiger partial charge on any atom is -0.494 e. The van der Waals surface area contributed by atoms with Gasteiger partial charge in [0.05, 0.1) is 31.4 Å². The van der Waals surface area contributed by atoms with E-state index in [0.717, 1.165) is 11.3 Å². The molecule has 0 bridgehead atoms. The lowest BCUT2D eigenvalue weighted by Gasteiger charge is -2.05. The number of aromatic amines is 1. The average molecular weight is 371 g/mol. The van der Waals surface area contributed by atoms with E-state index in [9.17, 15) is 9.59 Å². The van der Waals surface area contributed by atoms with Crippen molar-refractivity contribution in [2.75, 3.05) is 19.0 Å². The van der Waals surface area contributed by atoms with Crippen LogP contribution in [0.15, 0.2) is 29.1 Å². The molecular formula is C18H21N5O4. The smallest absolute Gasteiger partial charge is 0.310 e. The number of carbonyl (C=O) groups excluding carboxylic acids is 1. The third kappa shape index (κ3) is 4.08. The van der Waals surface area contributed by atoms with E-state index >= 15 is 0 Å². The highest BCUT2D eigenvalue weighted by Crippen LogP contribution is 2.13. The molecule has 3 aromatic rings. The maximum atomic E-state index is 12.6. The summed E-state index contributed by atoms with van der Waals surface area (Å²) in [7, 11) is 1.28. The molecule has 0 saturated carbocycles. The molecule has 0 aliphatic rings. The number of esters is 1. The van der Waals surface area contributed by atoms with Crippen molar-refractivity contribution in [3.05, 3.63) is 51.4 Å². The predicted molar refractivity (Wildman–Crippen MR) is 99.0 cm³/mol. The van der Waals surface area contributed by atoms with Crippen LogP contribution in [0, 0.1) is 6.92 Å². The van der Waals surface area contributed by atoms with Crippen molar-refractivity contribution in [3.63, 3.8) is 0 Å². The summed E-state index contributed by atoms with van der Waals surface area (Å²) < 4.78 is 11.3. The van der Waals surface area contributed by atoms with E-state index in [2.05, 4.69) is 25.1 Å². The number of hydrogen-bond donors (Lipinski definition) is 2. The van der Waals surface area contributed by atoms with Crippen molar-refractivity contribution in [2.45, 2.75) is 26.8 Å². The van der Waals surface area contributed by atoms with Gasteiger partial charge in [-0.15, -0.1) is 0 Å². The first kappa shape index (κ1) is 18.4. The molecule has 2 heterocycles. The van der Waals surface area contributed by atoms with Crippen LogP contribution in [0.25, 0.3) is 5.78 Å². The van der Waals surface area contributed by atoms with Crippen LogP contribution in [0.4, 0.5) is 5.95 Å². The van der Waals surface area contributed by atoms with Gasteiger partial charge in [-0.05, 0) is 31.5 Å². The molecule has 0 radical (unpaired) electrons. The van der Waals surface area contributed by atoms with Crippen LogP contribution in [0.1, 0.15) is 23.7 Å². The summed E-state index contributed by atoms with van der Waals surface area (Å²) in [5.41, 5.74) is 1.39. The fourth-order valence-corrected chi connectivity index (χ4v) is 2.61. The Kier molecular flexibility index (Phi) is 5.39. The zero-order valence-electron chi connectivity index (χ0n) is 15.4. The third-order valence-electron chi connectivity index (χ3n) is 4.04. The van der Waals surface area contributed by atoms with Crippen molar-refractivity contribution < 1.29 is 14.3 Å². The summed E-state index contributed by atoms with van der Waals surface area (Å²) in [5, 5.41) is 5.99. The Bertz CT molecular complexity index is 1010. The molecule has 3 rings (SSSR count). The standard InChI is InChI=1S/C18H21N5O4/c1-4-27-13-7-5-12(6-8-13)10-19-17-21-18-20-11(2)14(9-15(24)26-3)16(25)23(18)22-17/h5-8H,4,9-10H2,1-3H3,(H2,19,20,21,22). The highest BCUT2D eigenvalue weighted by atomic mass is 16.5. The number of nitrogens with zero attached hydrogens (tertiary/aromatic N) is 3. The van der Waals surface area contributed by atoms with Gasteiger partial charge in [-0.1, -0.05) is 12.1 Å². The quantitative estimate of drug-likeness (QED) is 0.605. The summed E-state index contributed by atoms with van der Waals surface area (Å²) in [5.74, 6) is 0.961. The number of hydrogen-bond acceptors (Lipinski definition) is 7. The Balaban J connectivity index is 1.79. The molecule has 0 aliphatic heterocycles. The molecule has 27 heavy (non-hydrogen) atoms. The van der Waals surface area contributed by atoms with Crippen LogP contribution in [0.3, 0.4) is 0 Å². The van der Waals surface area contributed by atoms with E-state index in [4.69, 9.17) is 4.74 Å². The van der Waals surface area contributed by atoms with Gasteiger partial charge in [0.2, 0.25) is 5.95 Å². The molecule has 142 valence electrons. The summed E-state index contributed by atoms with van der Waals surface area (Å²) >= 11 is 0. The molecule has 0 fully saturated rings. The maximum absolute atomic E-state index is 12.6. The SMILES string of the molecule is CCOc1ccc(CNc2nc3nc(C)c(CC(=O)OC)c(=O)n3[nH]2)cc1. The van der Waals surface area contributed by atoms with Crippen LogP contribution in [-0.2, 0) is 22.5 Å². The Morgan fingerprint density at radius 2 is 2.00 bits per heavy atom. The number of H-pyrrole nitrogens is 1. The molecule has 2 N–H and O–H groups in total. The predicted octanol–water partition coefficient (Wildman–Crippen LogP) is 1.45. The average Bonchev–Trinajstić information content (AvgIpc) is 3.07. The number of anilines is 1. The third-order valence-corrected chi connectivity index (χ3v) is 4.04. The number of benzene rings is 1. The molecule has 0 atom stereocenters. The van der Waals surface area contributed by atoms with Gasteiger partial charge in [0, 0.05) is 6.54 Å². The van der Waals surface area contributed by atoms with Gasteiger partial charge >= 0.3 is 5.97 Å². The molecule has 0 saturated heterocycles. The van der Waals surface area contributed by atoms with Gasteiger partial charge in [0.1, 0.15) is 5.75 Å². The van der Waals surface area contributed by atoms with Crippen molar-refractivity contribution in [1.82, 2.24) is 19.6 Å². The highest BCUT2D eigenvalue weighted by molar-refractivity contribution is 5.72. The minimum absolute atomic E-state index is 0.134. The fraction of sp³-hybridized carbons (Fsp3) is 0.333. The lowest BCUT2D eigenvalue weighted by atomic mass is 10.2. The second kappa shape index (κ2) is 7.90. The van der Waals surface area contributed by atoms with E-state index < -0.39 is 5.97 Å². The summed E-state index contributed by atoms with van der Waals surface area (Å²) in [6.07, 6.45) is -0.134. The second-order valence-corrected chi connectivity index (χ2v) is 5.87. The number of aryl methyl sites for hydroxylation is 1. The fourth-order valence-electron chi connectivity index (χ4n) is 2.61. The van der Waals surface area contributed by atoms with Gasteiger partial charge in [-0.25, -0.2) is 4.98 Å². The lowest BCUT2D eigenvalue weighted by Crippen LogP contribution is -2.24. The Morgan fingerprint density at radius 1 is 1.26 bits per heavy atom. The first-order chi connectivity index (χ1) is 13.0. The normalized spacial score (nSPS) is 10.8. The Labute approximate surface area is 155 Å². The number of methoxy groups -OCH3 is 1. The number of rotatable bonds is 7. The summed E-state index contributed by atoms with van der Waals surface area (Å²) in [4.78, 5) is 32.7. The molecule has 9 nitrogen and oxygen atoms in total. The van der Waals surface area contributed by atoms with E-state index in [0.29, 0.717) is 24.8 Å². The number of carbonyl (C=O) groups is 1. The molecule has 1 aromatic carbocycles. The van der Waals surface area contributed by atoms with E-state index in [1.54, 1.807) is 6.92 Å². The summed E-state index contributed by atoms with van der Waals surface area (Å²) in [6.45, 7) is 4.73. The second-order valence-electron chi connectivity index (χ2n) is 5.87. The van der Waals surface area contributed by atoms with E-state index in [1.165, 1.54) is 11.6 Å². The lowest BCUT2D eigenvalue weighted by molar-refractivity contribution is -0.139. The number of nitrogens with one attached hydrogen (secondary N) is 2. The molecule has 9 heteroatoms. The van der Waals surface area contributed by atoms with Crippen LogP contribution >= 0.6 is 0 Å². The first-order valence-electron chi connectivity index (χ1n) is 8.52. The van der Waals surface area contributed by atoms with E-state index in [-0.39, 0.29) is 23.3 Å². The van der Waals surface area contributed by atoms with Crippen LogP contribution in [0.2, 0.25) is 0 Å². The van der Waals surface area contributed by atoms with Gasteiger partial charge < -0.3 is 14.8 Å². The van der Waals surface area contributed by atoms with Gasteiger partial charge in [-0.3, -0.25) is 14.7 Å². The van der Waals surface area contributed by atoms with Crippen LogP contribution in [-0.4, -0.2) is 39.3 Å². The molecule has 0 spiro atoms. The molecular weight excluding hydrogens is 350 g/mol. The van der Waals surface area contributed by atoms with Crippen molar-refractivity contribution in [2.24, 2.45) is 0 Å². The zero-order valence-corrected chi connectivity index (χ0v) is 15.4. The van der Waals surface area contributed by atoms with Gasteiger partial charge in [0.15, 0.2) is 0 Å². The first-order valence-corrected chi connectivity index (χ1v) is 8.52. The van der Waals surface area contributed by atoms with Crippen LogP contribution < -0.4 is 15.6 Å².